The van der Waals surface area contributed by atoms with Crippen molar-refractivity contribution in [3.05, 3.63) is 32.9 Å². The molecule has 0 spiro atoms. The lowest BCUT2D eigenvalue weighted by molar-refractivity contribution is 0.110. The van der Waals surface area contributed by atoms with Crippen molar-refractivity contribution < 1.29 is 4.74 Å². The zero-order chi connectivity index (χ0) is 13.6. The molecule has 1 aromatic carbocycles. The molecule has 0 unspecified atom stereocenters. The van der Waals surface area contributed by atoms with Crippen molar-refractivity contribution in [2.75, 3.05) is 19.0 Å². The van der Waals surface area contributed by atoms with E-state index in [1.54, 1.807) is 0 Å². The summed E-state index contributed by atoms with van der Waals surface area (Å²) in [4.78, 5) is 4.85. The first kappa shape index (κ1) is 12.9. The van der Waals surface area contributed by atoms with Crippen LogP contribution in [0.5, 0.6) is 0 Å². The first-order valence-electron chi connectivity index (χ1n) is 6.50. The fraction of sp³-hybridized carbons (Fsp3) is 0.400. The fourth-order valence-electron chi connectivity index (χ4n) is 2.83. The average Bonchev–Trinajstić information content (AvgIpc) is 2.42. The Morgan fingerprint density at radius 1 is 1.37 bits per heavy atom. The molecule has 1 aromatic heterocycles. The number of aryl methyl sites for hydroxylation is 2. The number of fused-ring (bicyclic) bond motifs is 2. The first-order chi connectivity index (χ1) is 9.13. The quantitative estimate of drug-likeness (QED) is 0.869. The van der Waals surface area contributed by atoms with Gasteiger partial charge >= 0.3 is 0 Å². The molecule has 100 valence electrons. The first-order valence-corrected chi connectivity index (χ1v) is 7.29. The third kappa shape index (κ3) is 1.94. The van der Waals surface area contributed by atoms with Crippen LogP contribution in [0.4, 0.5) is 5.69 Å². The number of ether oxygens (including phenoxy) is 1. The third-order valence-corrected chi connectivity index (χ3v) is 5.02. The standard InChI is InChI=1S/C15H17BrN2O/c1-8-6-12-13(9(2)14(8)16)15(17-3)10-7-19-5-4-11(10)18-12/h6H,4-5,7H2,1-3H3,(H,17,18). The lowest BCUT2D eigenvalue weighted by Gasteiger charge is -2.22. The number of halogens is 1. The maximum atomic E-state index is 5.59. The minimum absolute atomic E-state index is 0.652. The van der Waals surface area contributed by atoms with E-state index in [1.165, 1.54) is 27.8 Å². The summed E-state index contributed by atoms with van der Waals surface area (Å²) in [6.45, 7) is 5.67. The van der Waals surface area contributed by atoms with Crippen LogP contribution in [-0.2, 0) is 17.8 Å². The number of aromatic nitrogens is 1. The summed E-state index contributed by atoms with van der Waals surface area (Å²) in [6, 6.07) is 2.16. The number of anilines is 1. The van der Waals surface area contributed by atoms with E-state index >= 15 is 0 Å². The summed E-state index contributed by atoms with van der Waals surface area (Å²) in [5, 5.41) is 4.54. The molecule has 0 aliphatic carbocycles. The summed E-state index contributed by atoms with van der Waals surface area (Å²) in [7, 11) is 1.97. The van der Waals surface area contributed by atoms with Gasteiger partial charge in [0.15, 0.2) is 0 Å². The molecule has 0 amide bonds. The number of nitrogens with zero attached hydrogens (tertiary/aromatic N) is 1. The van der Waals surface area contributed by atoms with Gasteiger partial charge in [-0.1, -0.05) is 15.9 Å². The van der Waals surface area contributed by atoms with Gasteiger partial charge in [-0.15, -0.1) is 0 Å². The van der Waals surface area contributed by atoms with Gasteiger partial charge in [0.25, 0.3) is 0 Å². The van der Waals surface area contributed by atoms with Crippen molar-refractivity contribution >= 4 is 32.5 Å². The van der Waals surface area contributed by atoms with Crippen LogP contribution in [0.3, 0.4) is 0 Å². The molecule has 1 aliphatic rings. The lowest BCUT2D eigenvalue weighted by atomic mass is 9.98. The monoisotopic (exact) mass is 320 g/mol. The summed E-state index contributed by atoms with van der Waals surface area (Å²) in [5.41, 5.74) is 7.08. The average molecular weight is 321 g/mol. The Morgan fingerprint density at radius 2 is 2.16 bits per heavy atom. The van der Waals surface area contributed by atoms with Gasteiger partial charge in [0.2, 0.25) is 0 Å². The Balaban J connectivity index is 2.44. The highest BCUT2D eigenvalue weighted by Crippen LogP contribution is 2.37. The van der Waals surface area contributed by atoms with Crippen molar-refractivity contribution in [3.63, 3.8) is 0 Å². The Labute approximate surface area is 121 Å². The molecule has 3 nitrogen and oxygen atoms in total. The number of rotatable bonds is 1. The lowest BCUT2D eigenvalue weighted by Crippen LogP contribution is -2.15. The molecule has 2 aromatic rings. The van der Waals surface area contributed by atoms with E-state index in [4.69, 9.17) is 9.72 Å². The van der Waals surface area contributed by atoms with E-state index in [-0.39, 0.29) is 0 Å². The maximum Gasteiger partial charge on any atom is 0.0755 e. The molecule has 0 bridgehead atoms. The molecule has 0 atom stereocenters. The number of hydrogen-bond donors (Lipinski definition) is 1. The smallest absolute Gasteiger partial charge is 0.0755 e. The Hall–Kier alpha value is -1.13. The number of hydrogen-bond acceptors (Lipinski definition) is 3. The minimum atomic E-state index is 0.652. The Bertz CT molecular complexity index is 667. The highest BCUT2D eigenvalue weighted by molar-refractivity contribution is 9.10. The van der Waals surface area contributed by atoms with E-state index in [0.717, 1.165) is 28.7 Å². The highest BCUT2D eigenvalue weighted by atomic mass is 79.9. The summed E-state index contributed by atoms with van der Waals surface area (Å²) in [5.74, 6) is 0. The summed E-state index contributed by atoms with van der Waals surface area (Å²) >= 11 is 3.67. The summed E-state index contributed by atoms with van der Waals surface area (Å²) < 4.78 is 6.75. The van der Waals surface area contributed by atoms with E-state index in [1.807, 2.05) is 7.05 Å². The van der Waals surface area contributed by atoms with Crippen molar-refractivity contribution in [1.82, 2.24) is 4.98 Å². The zero-order valence-electron chi connectivity index (χ0n) is 11.4. The number of pyridine rings is 1. The molecule has 0 radical (unpaired) electrons. The van der Waals surface area contributed by atoms with Crippen molar-refractivity contribution in [2.45, 2.75) is 26.9 Å². The third-order valence-electron chi connectivity index (χ3n) is 3.79. The van der Waals surface area contributed by atoms with Gasteiger partial charge in [-0.05, 0) is 31.0 Å². The van der Waals surface area contributed by atoms with E-state index < -0.39 is 0 Å². The topological polar surface area (TPSA) is 34.2 Å². The molecule has 2 heterocycles. The van der Waals surface area contributed by atoms with Crippen molar-refractivity contribution in [3.8, 4) is 0 Å². The van der Waals surface area contributed by atoms with E-state index in [0.29, 0.717) is 6.61 Å². The molecular weight excluding hydrogens is 304 g/mol. The second-order valence-electron chi connectivity index (χ2n) is 4.99. The second-order valence-corrected chi connectivity index (χ2v) is 5.78. The van der Waals surface area contributed by atoms with E-state index in [9.17, 15) is 0 Å². The molecular formula is C15H17BrN2O. The largest absolute Gasteiger partial charge is 0.387 e. The molecule has 1 N–H and O–H groups in total. The van der Waals surface area contributed by atoms with Crippen LogP contribution in [0.2, 0.25) is 0 Å². The van der Waals surface area contributed by atoms with Gasteiger partial charge in [0.1, 0.15) is 0 Å². The van der Waals surface area contributed by atoms with Gasteiger partial charge in [-0.25, -0.2) is 0 Å². The predicted molar refractivity (Wildman–Crippen MR) is 81.8 cm³/mol. The molecule has 1 aliphatic heterocycles. The van der Waals surface area contributed by atoms with Crippen LogP contribution in [0, 0.1) is 13.8 Å². The van der Waals surface area contributed by atoms with Crippen LogP contribution < -0.4 is 5.32 Å². The highest BCUT2D eigenvalue weighted by Gasteiger charge is 2.20. The van der Waals surface area contributed by atoms with Crippen LogP contribution in [0.15, 0.2) is 10.5 Å². The molecule has 0 fully saturated rings. The minimum Gasteiger partial charge on any atom is -0.387 e. The second kappa shape index (κ2) is 4.76. The van der Waals surface area contributed by atoms with Crippen LogP contribution in [-0.4, -0.2) is 18.6 Å². The fourth-order valence-corrected chi connectivity index (χ4v) is 3.14. The van der Waals surface area contributed by atoms with Crippen LogP contribution in [0.25, 0.3) is 10.9 Å². The SMILES string of the molecule is CNc1c2c(nc3cc(C)c(Br)c(C)c13)CCOC2. The van der Waals surface area contributed by atoms with Gasteiger partial charge in [0.05, 0.1) is 30.1 Å². The van der Waals surface area contributed by atoms with Crippen LogP contribution >= 0.6 is 15.9 Å². The number of nitrogens with one attached hydrogen (secondary N) is 1. The maximum absolute atomic E-state index is 5.59. The van der Waals surface area contributed by atoms with E-state index in [2.05, 4.69) is 41.2 Å². The molecule has 19 heavy (non-hydrogen) atoms. The van der Waals surface area contributed by atoms with Crippen LogP contribution in [0.1, 0.15) is 22.4 Å². The zero-order valence-corrected chi connectivity index (χ0v) is 13.0. The normalized spacial score (nSPS) is 14.5. The van der Waals surface area contributed by atoms with Gasteiger partial charge in [0, 0.05) is 28.9 Å². The predicted octanol–water partition coefficient (Wildman–Crippen LogP) is 3.73. The molecule has 3 rings (SSSR count). The molecule has 0 saturated heterocycles. The number of benzene rings is 1. The van der Waals surface area contributed by atoms with Gasteiger partial charge in [-0.3, -0.25) is 4.98 Å². The van der Waals surface area contributed by atoms with Gasteiger partial charge in [-0.2, -0.15) is 0 Å². The summed E-state index contributed by atoms with van der Waals surface area (Å²) in [6.07, 6.45) is 0.897. The van der Waals surface area contributed by atoms with Gasteiger partial charge < -0.3 is 10.1 Å². The Morgan fingerprint density at radius 3 is 2.89 bits per heavy atom. The Kier molecular flexibility index (Phi) is 3.23. The van der Waals surface area contributed by atoms with Crippen molar-refractivity contribution in [2.24, 2.45) is 0 Å². The molecule has 0 saturated carbocycles. The molecule has 4 heteroatoms. The van der Waals surface area contributed by atoms with Crippen molar-refractivity contribution in [1.29, 1.82) is 0 Å².